The van der Waals surface area contributed by atoms with Crippen LogP contribution in [-0.2, 0) is 9.47 Å². The third-order valence-corrected chi connectivity index (χ3v) is 5.29. The molecule has 1 saturated heterocycles. The van der Waals surface area contributed by atoms with Gasteiger partial charge in [0.05, 0.1) is 17.8 Å². The number of hydrogen-bond donors (Lipinski definition) is 1. The fourth-order valence-corrected chi connectivity index (χ4v) is 3.98. The maximum atomic E-state index is 10.6. The smallest absolute Gasteiger partial charge is 0.160 e. The van der Waals surface area contributed by atoms with Gasteiger partial charge < -0.3 is 14.6 Å². The molecule has 2 fully saturated rings. The minimum atomic E-state index is -0.653. The highest BCUT2D eigenvalue weighted by Gasteiger charge is 2.43. The van der Waals surface area contributed by atoms with Gasteiger partial charge in [0.15, 0.2) is 6.29 Å². The van der Waals surface area contributed by atoms with Gasteiger partial charge in [-0.25, -0.2) is 0 Å². The summed E-state index contributed by atoms with van der Waals surface area (Å²) in [5.74, 6) is 0.153. The molecule has 1 heterocycles. The highest BCUT2D eigenvalue weighted by atomic mass is 16.6. The third-order valence-electron chi connectivity index (χ3n) is 5.29. The van der Waals surface area contributed by atoms with E-state index in [-0.39, 0.29) is 17.6 Å². The molecule has 1 aliphatic carbocycles. The Balaban J connectivity index is 1.94. The van der Waals surface area contributed by atoms with Crippen molar-refractivity contribution in [1.29, 1.82) is 0 Å². The predicted molar refractivity (Wildman–Crippen MR) is 80.5 cm³/mol. The van der Waals surface area contributed by atoms with E-state index in [1.807, 2.05) is 0 Å². The van der Waals surface area contributed by atoms with Gasteiger partial charge >= 0.3 is 0 Å². The highest BCUT2D eigenvalue weighted by Crippen LogP contribution is 2.40. The maximum Gasteiger partial charge on any atom is 0.160 e. The van der Waals surface area contributed by atoms with Crippen molar-refractivity contribution in [3.63, 3.8) is 0 Å². The van der Waals surface area contributed by atoms with Crippen LogP contribution in [0.15, 0.2) is 0 Å². The van der Waals surface area contributed by atoms with E-state index in [1.54, 1.807) is 0 Å². The van der Waals surface area contributed by atoms with E-state index in [2.05, 4.69) is 20.8 Å². The molecular formula is C17H32O3. The molecule has 0 spiro atoms. The number of aliphatic hydroxyl groups is 1. The van der Waals surface area contributed by atoms with Crippen LogP contribution in [0.3, 0.4) is 0 Å². The first-order chi connectivity index (χ1) is 9.64. The topological polar surface area (TPSA) is 38.7 Å². The van der Waals surface area contributed by atoms with E-state index >= 15 is 0 Å². The summed E-state index contributed by atoms with van der Waals surface area (Å²) < 4.78 is 12.2. The van der Waals surface area contributed by atoms with Crippen molar-refractivity contribution in [3.05, 3.63) is 0 Å². The summed E-state index contributed by atoms with van der Waals surface area (Å²) in [6.45, 7) is 6.51. The maximum absolute atomic E-state index is 10.6. The molecule has 3 nitrogen and oxygen atoms in total. The molecule has 4 atom stereocenters. The first-order valence-corrected chi connectivity index (χ1v) is 8.65. The van der Waals surface area contributed by atoms with Crippen LogP contribution in [0.1, 0.15) is 78.6 Å². The molecule has 0 aromatic carbocycles. The average molecular weight is 284 g/mol. The molecule has 118 valence electrons. The fraction of sp³-hybridized carbons (Fsp3) is 1.00. The van der Waals surface area contributed by atoms with E-state index < -0.39 is 6.29 Å². The molecule has 20 heavy (non-hydrogen) atoms. The Kier molecular flexibility index (Phi) is 5.88. The monoisotopic (exact) mass is 284 g/mol. The van der Waals surface area contributed by atoms with Gasteiger partial charge in [0.1, 0.15) is 0 Å². The molecule has 1 aliphatic heterocycles. The Morgan fingerprint density at radius 3 is 2.50 bits per heavy atom. The molecule has 0 amide bonds. The first-order valence-electron chi connectivity index (χ1n) is 8.65. The normalized spacial score (nSPS) is 34.5. The fourth-order valence-electron chi connectivity index (χ4n) is 3.98. The van der Waals surface area contributed by atoms with E-state index in [0.29, 0.717) is 6.10 Å². The Morgan fingerprint density at radius 2 is 1.95 bits per heavy atom. The summed E-state index contributed by atoms with van der Waals surface area (Å²) in [5, 5.41) is 10.6. The van der Waals surface area contributed by atoms with E-state index in [0.717, 1.165) is 44.9 Å². The van der Waals surface area contributed by atoms with E-state index in [9.17, 15) is 5.11 Å². The molecule has 2 rings (SSSR count). The van der Waals surface area contributed by atoms with E-state index in [1.165, 1.54) is 12.8 Å². The quantitative estimate of drug-likeness (QED) is 0.717. The molecule has 0 aromatic rings. The highest BCUT2D eigenvalue weighted by molar-refractivity contribution is 4.89. The lowest BCUT2D eigenvalue weighted by atomic mass is 9.94. The average Bonchev–Trinajstić information content (AvgIpc) is 3.06. The summed E-state index contributed by atoms with van der Waals surface area (Å²) in [4.78, 5) is 0. The van der Waals surface area contributed by atoms with Crippen LogP contribution < -0.4 is 0 Å². The van der Waals surface area contributed by atoms with Crippen molar-refractivity contribution in [2.75, 3.05) is 0 Å². The Morgan fingerprint density at radius 1 is 1.25 bits per heavy atom. The predicted octanol–water partition coefficient (Wildman–Crippen LogP) is 4.03. The molecule has 1 N–H and O–H groups in total. The largest absolute Gasteiger partial charge is 0.374 e. The lowest BCUT2D eigenvalue weighted by molar-refractivity contribution is -0.215. The molecule has 4 unspecified atom stereocenters. The van der Waals surface area contributed by atoms with Gasteiger partial charge in [-0.05, 0) is 38.5 Å². The lowest BCUT2D eigenvalue weighted by Gasteiger charge is -2.34. The van der Waals surface area contributed by atoms with Crippen molar-refractivity contribution < 1.29 is 14.6 Å². The van der Waals surface area contributed by atoms with Gasteiger partial charge in [-0.3, -0.25) is 0 Å². The second-order valence-electron chi connectivity index (χ2n) is 6.65. The van der Waals surface area contributed by atoms with Gasteiger partial charge in [0, 0.05) is 5.92 Å². The Labute approximate surface area is 124 Å². The van der Waals surface area contributed by atoms with Crippen LogP contribution in [0.25, 0.3) is 0 Å². The van der Waals surface area contributed by atoms with Crippen molar-refractivity contribution in [1.82, 2.24) is 0 Å². The number of ether oxygens (including phenoxy) is 2. The third kappa shape index (κ3) is 3.55. The second kappa shape index (κ2) is 7.24. The van der Waals surface area contributed by atoms with Crippen molar-refractivity contribution >= 4 is 0 Å². The van der Waals surface area contributed by atoms with Crippen LogP contribution in [-0.4, -0.2) is 29.2 Å². The van der Waals surface area contributed by atoms with Crippen molar-refractivity contribution in [2.45, 2.75) is 103 Å². The van der Waals surface area contributed by atoms with Crippen LogP contribution >= 0.6 is 0 Å². The SMILES string of the molecule is CCCC1CC(C(O)OC2(CC)CCCC2)C(CC)O1. The molecule has 3 heteroatoms. The van der Waals surface area contributed by atoms with Gasteiger partial charge in [-0.1, -0.05) is 40.0 Å². The summed E-state index contributed by atoms with van der Waals surface area (Å²) in [6, 6.07) is 0. The van der Waals surface area contributed by atoms with Crippen LogP contribution in [0.5, 0.6) is 0 Å². The molecule has 0 bridgehead atoms. The Hall–Kier alpha value is -0.120. The summed E-state index contributed by atoms with van der Waals surface area (Å²) in [7, 11) is 0. The van der Waals surface area contributed by atoms with Crippen LogP contribution in [0, 0.1) is 5.92 Å². The molecule has 1 saturated carbocycles. The number of hydrogen-bond acceptors (Lipinski definition) is 3. The van der Waals surface area contributed by atoms with Gasteiger partial charge in [0.25, 0.3) is 0 Å². The van der Waals surface area contributed by atoms with Gasteiger partial charge in [0.2, 0.25) is 0 Å². The minimum Gasteiger partial charge on any atom is -0.374 e. The second-order valence-corrected chi connectivity index (χ2v) is 6.65. The van der Waals surface area contributed by atoms with Gasteiger partial charge in [-0.2, -0.15) is 0 Å². The molecular weight excluding hydrogens is 252 g/mol. The lowest BCUT2D eigenvalue weighted by Crippen LogP contribution is -2.39. The van der Waals surface area contributed by atoms with Crippen LogP contribution in [0.2, 0.25) is 0 Å². The molecule has 2 aliphatic rings. The minimum absolute atomic E-state index is 0.0689. The summed E-state index contributed by atoms with van der Waals surface area (Å²) in [5.41, 5.74) is -0.0689. The molecule has 0 aromatic heterocycles. The number of aliphatic hydroxyl groups excluding tert-OH is 1. The van der Waals surface area contributed by atoms with Gasteiger partial charge in [-0.15, -0.1) is 0 Å². The van der Waals surface area contributed by atoms with Crippen molar-refractivity contribution in [3.8, 4) is 0 Å². The molecule has 0 radical (unpaired) electrons. The zero-order chi connectivity index (χ0) is 14.6. The van der Waals surface area contributed by atoms with Crippen LogP contribution in [0.4, 0.5) is 0 Å². The Bertz CT molecular complexity index is 286. The van der Waals surface area contributed by atoms with E-state index in [4.69, 9.17) is 9.47 Å². The zero-order valence-electron chi connectivity index (χ0n) is 13.4. The first kappa shape index (κ1) is 16.3. The van der Waals surface area contributed by atoms with Crippen molar-refractivity contribution in [2.24, 2.45) is 5.92 Å². The summed E-state index contributed by atoms with van der Waals surface area (Å²) >= 11 is 0. The number of rotatable bonds is 7. The summed E-state index contributed by atoms with van der Waals surface area (Å²) in [6.07, 6.45) is 9.65. The standard InChI is InChI=1S/C17H32O3/c1-4-9-13-12-14(15(5-2)19-13)16(18)20-17(6-3)10-7-8-11-17/h13-16,18H,4-12H2,1-3H3. The zero-order valence-corrected chi connectivity index (χ0v) is 13.4.